The normalized spacial score (nSPS) is 21.8. The van der Waals surface area contributed by atoms with Gasteiger partial charge in [0.15, 0.2) is 0 Å². The van der Waals surface area contributed by atoms with Gasteiger partial charge in [0, 0.05) is 24.6 Å². The Morgan fingerprint density at radius 1 is 1.71 bits per heavy atom. The van der Waals surface area contributed by atoms with E-state index in [0.717, 1.165) is 24.5 Å². The van der Waals surface area contributed by atoms with Crippen LogP contribution in [0.15, 0.2) is 6.33 Å². The smallest absolute Gasteiger partial charge is 0.147 e. The van der Waals surface area contributed by atoms with E-state index in [4.69, 9.17) is 0 Å². The van der Waals surface area contributed by atoms with Crippen molar-refractivity contribution in [2.75, 3.05) is 11.5 Å². The molecule has 0 N–H and O–H groups in total. The summed E-state index contributed by atoms with van der Waals surface area (Å²) in [6.45, 7) is 2.85. The summed E-state index contributed by atoms with van der Waals surface area (Å²) in [5.41, 5.74) is 0. The molecule has 2 rings (SSSR count). The number of hydrogen-bond donors (Lipinski definition) is 0. The van der Waals surface area contributed by atoms with Crippen LogP contribution in [0.5, 0.6) is 0 Å². The van der Waals surface area contributed by atoms with E-state index in [1.54, 1.807) is 18.1 Å². The summed E-state index contributed by atoms with van der Waals surface area (Å²) in [6.07, 6.45) is 2.31. The first-order valence-electron chi connectivity index (χ1n) is 4.78. The fourth-order valence-electron chi connectivity index (χ4n) is 1.62. The number of rotatable bonds is 3. The van der Waals surface area contributed by atoms with Gasteiger partial charge in [-0.2, -0.15) is 16.9 Å². The van der Waals surface area contributed by atoms with Crippen molar-refractivity contribution < 1.29 is 4.79 Å². The van der Waals surface area contributed by atoms with Gasteiger partial charge in [0.25, 0.3) is 0 Å². The molecule has 1 aromatic rings. The van der Waals surface area contributed by atoms with Crippen LogP contribution < -0.4 is 0 Å². The third kappa shape index (κ3) is 1.82. The van der Waals surface area contributed by atoms with E-state index in [2.05, 4.69) is 10.1 Å². The van der Waals surface area contributed by atoms with E-state index in [1.807, 2.05) is 11.6 Å². The second kappa shape index (κ2) is 4.13. The molecular weight excluding hydrogens is 198 g/mol. The van der Waals surface area contributed by atoms with E-state index in [0.29, 0.717) is 11.5 Å². The van der Waals surface area contributed by atoms with Crippen molar-refractivity contribution in [1.82, 2.24) is 14.8 Å². The van der Waals surface area contributed by atoms with Crippen LogP contribution in [0, 0.1) is 5.92 Å². The second-order valence-electron chi connectivity index (χ2n) is 3.37. The Morgan fingerprint density at radius 3 is 3.21 bits per heavy atom. The Labute approximate surface area is 87.1 Å². The minimum absolute atomic E-state index is 0.162. The van der Waals surface area contributed by atoms with Gasteiger partial charge >= 0.3 is 0 Å². The number of aromatic nitrogens is 3. The number of carbonyl (C=O) groups excluding carboxylic acids is 1. The molecule has 1 saturated heterocycles. The molecule has 1 fully saturated rings. The lowest BCUT2D eigenvalue weighted by Crippen LogP contribution is -2.17. The predicted octanol–water partition coefficient (Wildman–Crippen LogP) is 0.773. The quantitative estimate of drug-likeness (QED) is 0.741. The van der Waals surface area contributed by atoms with Crippen molar-refractivity contribution in [2.24, 2.45) is 5.92 Å². The topological polar surface area (TPSA) is 47.8 Å². The molecule has 0 amide bonds. The van der Waals surface area contributed by atoms with Gasteiger partial charge in [-0.25, -0.2) is 4.98 Å². The van der Waals surface area contributed by atoms with E-state index >= 15 is 0 Å². The molecule has 1 aliphatic heterocycles. The van der Waals surface area contributed by atoms with E-state index in [9.17, 15) is 4.79 Å². The van der Waals surface area contributed by atoms with Gasteiger partial charge in [-0.15, -0.1) is 0 Å². The van der Waals surface area contributed by atoms with Crippen molar-refractivity contribution in [2.45, 2.75) is 19.9 Å². The fraction of sp³-hybridized carbons (Fsp3) is 0.667. The number of carbonyl (C=O) groups is 1. The van der Waals surface area contributed by atoms with Crippen LogP contribution >= 0.6 is 11.8 Å². The molecular formula is C9H13N3OS. The van der Waals surface area contributed by atoms with Crippen LogP contribution in [0.4, 0.5) is 0 Å². The maximum Gasteiger partial charge on any atom is 0.147 e. The van der Waals surface area contributed by atoms with Gasteiger partial charge in [-0.05, 0) is 6.92 Å². The van der Waals surface area contributed by atoms with E-state index in [-0.39, 0.29) is 5.92 Å². The SMILES string of the molecule is CCn1ncnc1CC1CSCC1=O. The summed E-state index contributed by atoms with van der Waals surface area (Å²) in [5.74, 6) is 3.07. The highest BCUT2D eigenvalue weighted by atomic mass is 32.2. The molecule has 76 valence electrons. The molecule has 0 saturated carbocycles. The molecule has 1 unspecified atom stereocenters. The van der Waals surface area contributed by atoms with Gasteiger partial charge in [0.1, 0.15) is 17.9 Å². The maximum absolute atomic E-state index is 11.4. The standard InChI is InChI=1S/C9H13N3OS/c1-2-12-9(10-6-11-12)3-7-4-14-5-8(7)13/h6-7H,2-5H2,1H3. The van der Waals surface area contributed by atoms with Crippen LogP contribution in [-0.4, -0.2) is 32.1 Å². The summed E-state index contributed by atoms with van der Waals surface area (Å²) in [7, 11) is 0. The first kappa shape index (κ1) is 9.71. The molecule has 5 heteroatoms. The Kier molecular flexibility index (Phi) is 2.86. The van der Waals surface area contributed by atoms with Gasteiger partial charge in [-0.3, -0.25) is 9.48 Å². The summed E-state index contributed by atoms with van der Waals surface area (Å²) in [5, 5.41) is 4.09. The predicted molar refractivity (Wildman–Crippen MR) is 55.2 cm³/mol. The number of hydrogen-bond acceptors (Lipinski definition) is 4. The third-order valence-electron chi connectivity index (χ3n) is 2.44. The zero-order valence-corrected chi connectivity index (χ0v) is 8.96. The highest BCUT2D eigenvalue weighted by Crippen LogP contribution is 2.22. The maximum atomic E-state index is 11.4. The Morgan fingerprint density at radius 2 is 2.57 bits per heavy atom. The van der Waals surface area contributed by atoms with Crippen LogP contribution in [0.25, 0.3) is 0 Å². The van der Waals surface area contributed by atoms with Crippen LogP contribution in [0.1, 0.15) is 12.7 Å². The lowest BCUT2D eigenvalue weighted by atomic mass is 10.0. The summed E-state index contributed by atoms with van der Waals surface area (Å²) in [6, 6.07) is 0. The monoisotopic (exact) mass is 211 g/mol. The molecule has 1 aliphatic rings. The summed E-state index contributed by atoms with van der Waals surface area (Å²) < 4.78 is 1.86. The lowest BCUT2D eigenvalue weighted by Gasteiger charge is -2.06. The van der Waals surface area contributed by atoms with Crippen molar-refractivity contribution >= 4 is 17.5 Å². The number of aryl methyl sites for hydroxylation is 1. The van der Waals surface area contributed by atoms with Crippen molar-refractivity contribution in [3.8, 4) is 0 Å². The first-order chi connectivity index (χ1) is 6.81. The van der Waals surface area contributed by atoms with Crippen molar-refractivity contribution in [3.63, 3.8) is 0 Å². The van der Waals surface area contributed by atoms with E-state index < -0.39 is 0 Å². The largest absolute Gasteiger partial charge is 0.298 e. The average Bonchev–Trinajstić information content (AvgIpc) is 2.77. The molecule has 0 aromatic carbocycles. The highest BCUT2D eigenvalue weighted by molar-refractivity contribution is 8.00. The number of Topliss-reactive ketones (excluding diaryl/α,β-unsaturated/α-hetero) is 1. The molecule has 0 bridgehead atoms. The second-order valence-corrected chi connectivity index (χ2v) is 4.40. The average molecular weight is 211 g/mol. The van der Waals surface area contributed by atoms with E-state index in [1.165, 1.54) is 0 Å². The zero-order chi connectivity index (χ0) is 9.97. The van der Waals surface area contributed by atoms with Crippen LogP contribution in [0.2, 0.25) is 0 Å². The van der Waals surface area contributed by atoms with Crippen LogP contribution in [-0.2, 0) is 17.8 Å². The third-order valence-corrected chi connectivity index (χ3v) is 3.57. The van der Waals surface area contributed by atoms with Gasteiger partial charge < -0.3 is 0 Å². The molecule has 0 aliphatic carbocycles. The number of nitrogens with zero attached hydrogens (tertiary/aromatic N) is 3. The Balaban J connectivity index is 2.06. The number of ketones is 1. The Hall–Kier alpha value is -0.840. The molecule has 1 atom stereocenters. The fourth-order valence-corrected chi connectivity index (χ4v) is 2.76. The first-order valence-corrected chi connectivity index (χ1v) is 5.94. The Bertz CT molecular complexity index is 337. The van der Waals surface area contributed by atoms with Gasteiger partial charge in [0.05, 0.1) is 5.75 Å². The summed E-state index contributed by atoms with van der Waals surface area (Å²) in [4.78, 5) is 15.6. The lowest BCUT2D eigenvalue weighted by molar-refractivity contribution is -0.119. The van der Waals surface area contributed by atoms with Crippen molar-refractivity contribution in [1.29, 1.82) is 0 Å². The zero-order valence-electron chi connectivity index (χ0n) is 8.14. The number of thioether (sulfide) groups is 1. The van der Waals surface area contributed by atoms with Gasteiger partial charge in [0.2, 0.25) is 0 Å². The summed E-state index contributed by atoms with van der Waals surface area (Å²) >= 11 is 1.72. The molecule has 14 heavy (non-hydrogen) atoms. The minimum Gasteiger partial charge on any atom is -0.298 e. The molecule has 1 aromatic heterocycles. The molecule has 4 nitrogen and oxygen atoms in total. The van der Waals surface area contributed by atoms with Gasteiger partial charge in [-0.1, -0.05) is 0 Å². The molecule has 2 heterocycles. The molecule has 0 spiro atoms. The van der Waals surface area contributed by atoms with Crippen LogP contribution in [0.3, 0.4) is 0 Å². The minimum atomic E-state index is 0.162. The highest BCUT2D eigenvalue weighted by Gasteiger charge is 2.26. The molecule has 0 radical (unpaired) electrons. The van der Waals surface area contributed by atoms with Crippen molar-refractivity contribution in [3.05, 3.63) is 12.2 Å².